The van der Waals surface area contributed by atoms with Crippen LogP contribution in [0.2, 0.25) is 0 Å². The van der Waals surface area contributed by atoms with Crippen LogP contribution in [0.15, 0.2) is 0 Å². The highest BCUT2D eigenvalue weighted by Crippen LogP contribution is 2.31. The average molecular weight is 384 g/mol. The van der Waals surface area contributed by atoms with Gasteiger partial charge in [0.15, 0.2) is 5.78 Å². The number of nitrogens with two attached hydrogens (primary N) is 1. The maximum absolute atomic E-state index is 13.1. The molecule has 27 heavy (non-hydrogen) atoms. The maximum atomic E-state index is 13.1. The van der Waals surface area contributed by atoms with Crippen LogP contribution in [0, 0.1) is 29.1 Å². The third-order valence-electron chi connectivity index (χ3n) is 5.15. The summed E-state index contributed by atoms with van der Waals surface area (Å²) in [6.07, 6.45) is 1.98. The molecule has 0 aromatic rings. The molecule has 0 rings (SSSR count). The van der Waals surface area contributed by atoms with Crippen molar-refractivity contribution in [1.82, 2.24) is 10.6 Å². The lowest BCUT2D eigenvalue weighted by atomic mass is 9.75. The number of amides is 3. The van der Waals surface area contributed by atoms with E-state index in [1.807, 2.05) is 20.8 Å². The van der Waals surface area contributed by atoms with Crippen LogP contribution in [0.3, 0.4) is 0 Å². The third kappa shape index (κ3) is 8.76. The van der Waals surface area contributed by atoms with Gasteiger partial charge in [-0.3, -0.25) is 9.59 Å². The second kappa shape index (κ2) is 11.3. The molecule has 3 amide bonds. The summed E-state index contributed by atoms with van der Waals surface area (Å²) in [6.45, 7) is 16.5. The number of primary amides is 1. The molecule has 0 aromatic heterocycles. The summed E-state index contributed by atoms with van der Waals surface area (Å²) >= 11 is 0. The van der Waals surface area contributed by atoms with E-state index in [4.69, 9.17) is 5.73 Å². The summed E-state index contributed by atoms with van der Waals surface area (Å²) in [7, 11) is 0. The molecule has 0 aliphatic rings. The fraction of sp³-hybridized carbons (Fsp3) is 0.857. The van der Waals surface area contributed by atoms with Crippen LogP contribution < -0.4 is 16.4 Å². The summed E-state index contributed by atoms with van der Waals surface area (Å²) in [5.41, 5.74) is 4.53. The largest absolute Gasteiger partial charge is 0.352 e. The molecule has 0 heterocycles. The minimum Gasteiger partial charge on any atom is -0.352 e. The van der Waals surface area contributed by atoms with Gasteiger partial charge < -0.3 is 16.4 Å². The minimum absolute atomic E-state index is 0.00928. The second-order valence-electron chi connectivity index (χ2n) is 9.19. The maximum Gasteiger partial charge on any atom is 0.312 e. The molecule has 0 spiro atoms. The predicted molar refractivity (Wildman–Crippen MR) is 110 cm³/mol. The highest BCUT2D eigenvalue weighted by Gasteiger charge is 2.36. The molecular weight excluding hydrogens is 342 g/mol. The summed E-state index contributed by atoms with van der Waals surface area (Å²) in [6, 6.07) is -1.14. The molecule has 158 valence electrons. The van der Waals surface area contributed by atoms with Gasteiger partial charge in [0.1, 0.15) is 0 Å². The van der Waals surface area contributed by atoms with Gasteiger partial charge >= 0.3 is 6.03 Å². The molecule has 0 aliphatic carbocycles. The van der Waals surface area contributed by atoms with Crippen LogP contribution in [0.5, 0.6) is 0 Å². The highest BCUT2D eigenvalue weighted by atomic mass is 16.2. The zero-order chi connectivity index (χ0) is 21.4. The Morgan fingerprint density at radius 3 is 1.93 bits per heavy atom. The van der Waals surface area contributed by atoms with Crippen LogP contribution in [-0.4, -0.2) is 30.3 Å². The average Bonchev–Trinajstić information content (AvgIpc) is 2.52. The van der Waals surface area contributed by atoms with Crippen molar-refractivity contribution in [3.05, 3.63) is 0 Å². The number of hydrogen-bond donors (Lipinski definition) is 3. The van der Waals surface area contributed by atoms with E-state index in [0.717, 1.165) is 6.42 Å². The van der Waals surface area contributed by atoms with Crippen molar-refractivity contribution in [3.8, 4) is 0 Å². The molecule has 0 saturated carbocycles. The lowest BCUT2D eigenvalue weighted by Crippen LogP contribution is -2.50. The molecule has 6 nitrogen and oxygen atoms in total. The van der Waals surface area contributed by atoms with Crippen molar-refractivity contribution in [2.24, 2.45) is 34.8 Å². The monoisotopic (exact) mass is 383 g/mol. The lowest BCUT2D eigenvalue weighted by Gasteiger charge is -2.33. The van der Waals surface area contributed by atoms with Crippen molar-refractivity contribution in [2.45, 2.75) is 80.7 Å². The summed E-state index contributed by atoms with van der Waals surface area (Å²) in [5.74, 6) is 0.691. The molecule has 0 bridgehead atoms. The van der Waals surface area contributed by atoms with E-state index in [9.17, 15) is 14.4 Å². The van der Waals surface area contributed by atoms with Crippen LogP contribution in [0.25, 0.3) is 0 Å². The Balaban J connectivity index is 5.32. The third-order valence-corrected chi connectivity index (χ3v) is 5.15. The van der Waals surface area contributed by atoms with Gasteiger partial charge in [0.05, 0.1) is 6.04 Å². The Hall–Kier alpha value is -1.59. The van der Waals surface area contributed by atoms with Crippen LogP contribution in [0.4, 0.5) is 4.79 Å². The predicted octanol–water partition coefficient (Wildman–Crippen LogP) is 3.49. The first-order valence-corrected chi connectivity index (χ1v) is 10.2. The van der Waals surface area contributed by atoms with E-state index in [-0.39, 0.29) is 29.4 Å². The van der Waals surface area contributed by atoms with Gasteiger partial charge in [-0.15, -0.1) is 0 Å². The normalized spacial score (nSPS) is 15.3. The van der Waals surface area contributed by atoms with E-state index in [1.165, 1.54) is 0 Å². The number of hydrogen-bond acceptors (Lipinski definition) is 3. The van der Waals surface area contributed by atoms with Crippen LogP contribution in [-0.2, 0) is 9.59 Å². The van der Waals surface area contributed by atoms with Gasteiger partial charge in [-0.05, 0) is 30.6 Å². The van der Waals surface area contributed by atoms with Crippen LogP contribution in [0.1, 0.15) is 74.7 Å². The Morgan fingerprint density at radius 1 is 1.00 bits per heavy atom. The number of urea groups is 1. The molecule has 0 radical (unpaired) electrons. The van der Waals surface area contributed by atoms with Crippen molar-refractivity contribution >= 4 is 17.7 Å². The lowest BCUT2D eigenvalue weighted by molar-refractivity contribution is -0.136. The van der Waals surface area contributed by atoms with Crippen molar-refractivity contribution in [1.29, 1.82) is 0 Å². The first kappa shape index (κ1) is 25.4. The molecule has 3 atom stereocenters. The number of ketones is 1. The smallest absolute Gasteiger partial charge is 0.312 e. The highest BCUT2D eigenvalue weighted by molar-refractivity contribution is 5.93. The first-order chi connectivity index (χ1) is 12.3. The summed E-state index contributed by atoms with van der Waals surface area (Å²) in [5, 5.41) is 5.56. The number of nitrogens with one attached hydrogen (secondary N) is 2. The standard InChI is InChI=1S/C21H41N3O3/c1-9-15(13(2)3)17(14(4)5)19(26)24-16(18(25)21(6,7)8)11-10-12-23-20(22)27/h13-17H,9-12H2,1-8H3,(H,24,26)(H3,22,23,27). The summed E-state index contributed by atoms with van der Waals surface area (Å²) < 4.78 is 0. The van der Waals surface area contributed by atoms with Crippen molar-refractivity contribution in [2.75, 3.05) is 6.54 Å². The summed E-state index contributed by atoms with van der Waals surface area (Å²) in [4.78, 5) is 36.8. The molecule has 0 fully saturated rings. The molecule has 0 saturated heterocycles. The van der Waals surface area contributed by atoms with Crippen molar-refractivity contribution in [3.63, 3.8) is 0 Å². The second-order valence-corrected chi connectivity index (χ2v) is 9.19. The van der Waals surface area contributed by atoms with Gasteiger partial charge in [-0.2, -0.15) is 0 Å². The van der Waals surface area contributed by atoms with Gasteiger partial charge in [0.25, 0.3) is 0 Å². The van der Waals surface area contributed by atoms with E-state index >= 15 is 0 Å². The molecule has 0 aromatic carbocycles. The molecule has 6 heteroatoms. The molecular formula is C21H41N3O3. The van der Waals surface area contributed by atoms with Crippen molar-refractivity contribution < 1.29 is 14.4 Å². The number of carbonyl (C=O) groups excluding carboxylic acids is 3. The number of Topliss-reactive ketones (excluding diaryl/α,β-unsaturated/α-hetero) is 1. The Bertz CT molecular complexity index is 495. The van der Waals surface area contributed by atoms with E-state index in [0.29, 0.717) is 25.3 Å². The Morgan fingerprint density at radius 2 is 1.56 bits per heavy atom. The Labute approximate surface area is 165 Å². The molecule has 3 unspecified atom stereocenters. The van der Waals surface area contributed by atoms with Gasteiger partial charge in [0, 0.05) is 17.9 Å². The topological polar surface area (TPSA) is 101 Å². The zero-order valence-corrected chi connectivity index (χ0v) is 18.5. The number of rotatable bonds is 11. The number of carbonyl (C=O) groups is 3. The van der Waals surface area contributed by atoms with E-state index in [2.05, 4.69) is 45.3 Å². The minimum atomic E-state index is -0.583. The van der Waals surface area contributed by atoms with Crippen LogP contribution >= 0.6 is 0 Å². The fourth-order valence-corrected chi connectivity index (χ4v) is 3.71. The SMILES string of the molecule is CCC(C(C)C)C(C(=O)NC(CCCNC(N)=O)C(=O)C(C)(C)C)C(C)C. The first-order valence-electron chi connectivity index (χ1n) is 10.2. The molecule has 4 N–H and O–H groups in total. The van der Waals surface area contributed by atoms with Gasteiger partial charge in [-0.1, -0.05) is 61.8 Å². The van der Waals surface area contributed by atoms with Gasteiger partial charge in [0.2, 0.25) is 5.91 Å². The zero-order valence-electron chi connectivity index (χ0n) is 18.5. The molecule has 0 aliphatic heterocycles. The fourth-order valence-electron chi connectivity index (χ4n) is 3.71. The van der Waals surface area contributed by atoms with E-state index < -0.39 is 17.5 Å². The van der Waals surface area contributed by atoms with Gasteiger partial charge in [-0.25, -0.2) is 4.79 Å². The van der Waals surface area contributed by atoms with E-state index in [1.54, 1.807) is 0 Å². The quantitative estimate of drug-likeness (QED) is 0.476. The Kier molecular flexibility index (Phi) is 10.6.